The Kier molecular flexibility index (Phi) is 6.08. The monoisotopic (exact) mass is 467 g/mol. The van der Waals surface area contributed by atoms with E-state index in [1.54, 1.807) is 49.7 Å². The van der Waals surface area contributed by atoms with E-state index in [4.69, 9.17) is 4.74 Å². The molecule has 1 N–H and O–H groups in total. The van der Waals surface area contributed by atoms with Crippen LogP contribution in [-0.2, 0) is 17.5 Å². The Labute approximate surface area is 195 Å². The number of fused-ring (bicyclic) bond motifs is 1. The maximum absolute atomic E-state index is 13.5. The van der Waals surface area contributed by atoms with Crippen LogP contribution < -0.4 is 5.32 Å². The van der Waals surface area contributed by atoms with Crippen molar-refractivity contribution >= 4 is 17.0 Å². The average molecular weight is 467 g/mol. The number of benzene rings is 3. The number of nitrogens with zero attached hydrogens (tertiary/aromatic N) is 2. The molecule has 4 rings (SSSR count). The lowest BCUT2D eigenvalue weighted by molar-refractivity contribution is -0.137. The molecule has 0 fully saturated rings. The second kappa shape index (κ2) is 8.85. The Morgan fingerprint density at radius 1 is 1.00 bits per heavy atom. The number of halogens is 3. The molecular formula is C26H24F3N3O2. The second-order valence-corrected chi connectivity index (χ2v) is 8.92. The van der Waals surface area contributed by atoms with Crippen molar-refractivity contribution in [2.24, 2.45) is 0 Å². The number of alkyl carbamates (subject to hydrolysis) is 1. The van der Waals surface area contributed by atoms with Gasteiger partial charge in [-0.2, -0.15) is 18.3 Å². The highest BCUT2D eigenvalue weighted by molar-refractivity contribution is 5.85. The van der Waals surface area contributed by atoms with Gasteiger partial charge in [0.15, 0.2) is 0 Å². The van der Waals surface area contributed by atoms with Crippen molar-refractivity contribution in [2.75, 3.05) is 0 Å². The number of aromatic nitrogens is 2. The molecule has 0 saturated carbocycles. The van der Waals surface area contributed by atoms with Gasteiger partial charge in [0.05, 0.1) is 16.8 Å². The van der Waals surface area contributed by atoms with Gasteiger partial charge >= 0.3 is 12.3 Å². The van der Waals surface area contributed by atoms with E-state index in [1.165, 1.54) is 12.1 Å². The summed E-state index contributed by atoms with van der Waals surface area (Å²) in [7, 11) is 0. The number of ether oxygens (including phenoxy) is 1. The number of carbonyl (C=O) groups excluding carboxylic acids is 1. The number of amides is 1. The van der Waals surface area contributed by atoms with E-state index in [2.05, 4.69) is 10.4 Å². The SMILES string of the molecule is CC(C)(C)OC(=O)NCc1cccc(-n2cc3ccc(-c4ccccc4C(F)(F)F)cc3n2)c1. The van der Waals surface area contributed by atoms with E-state index >= 15 is 0 Å². The van der Waals surface area contributed by atoms with Crippen LogP contribution >= 0.6 is 0 Å². The van der Waals surface area contributed by atoms with Crippen molar-refractivity contribution in [2.45, 2.75) is 39.1 Å². The van der Waals surface area contributed by atoms with Gasteiger partial charge < -0.3 is 10.1 Å². The predicted molar refractivity (Wildman–Crippen MR) is 125 cm³/mol. The fourth-order valence-corrected chi connectivity index (χ4v) is 3.60. The number of nitrogens with one attached hydrogen (secondary N) is 1. The quantitative estimate of drug-likeness (QED) is 0.362. The first-order valence-electron chi connectivity index (χ1n) is 10.7. The van der Waals surface area contributed by atoms with E-state index in [-0.39, 0.29) is 12.1 Å². The lowest BCUT2D eigenvalue weighted by Gasteiger charge is -2.19. The van der Waals surface area contributed by atoms with Gasteiger partial charge in [-0.25, -0.2) is 9.48 Å². The van der Waals surface area contributed by atoms with Gasteiger partial charge in [0.2, 0.25) is 0 Å². The van der Waals surface area contributed by atoms with Crippen molar-refractivity contribution in [3.8, 4) is 16.8 Å². The molecule has 4 aromatic rings. The molecule has 0 aliphatic rings. The van der Waals surface area contributed by atoms with Gasteiger partial charge in [0.1, 0.15) is 5.60 Å². The second-order valence-electron chi connectivity index (χ2n) is 8.92. The Balaban J connectivity index is 1.59. The molecule has 5 nitrogen and oxygen atoms in total. The minimum Gasteiger partial charge on any atom is -0.444 e. The molecule has 0 unspecified atom stereocenters. The Morgan fingerprint density at radius 2 is 1.76 bits per heavy atom. The first-order valence-corrected chi connectivity index (χ1v) is 10.7. The van der Waals surface area contributed by atoms with Crippen LogP contribution in [0.2, 0.25) is 0 Å². The van der Waals surface area contributed by atoms with Crippen LogP contribution in [0, 0.1) is 0 Å². The molecule has 8 heteroatoms. The summed E-state index contributed by atoms with van der Waals surface area (Å²) >= 11 is 0. The molecule has 0 saturated heterocycles. The number of carbonyl (C=O) groups is 1. The first kappa shape index (κ1) is 23.4. The molecule has 176 valence electrons. The summed E-state index contributed by atoms with van der Waals surface area (Å²) in [5, 5.41) is 8.09. The summed E-state index contributed by atoms with van der Waals surface area (Å²) < 4.78 is 47.3. The molecule has 1 amide bonds. The predicted octanol–water partition coefficient (Wildman–Crippen LogP) is 6.74. The molecule has 34 heavy (non-hydrogen) atoms. The highest BCUT2D eigenvalue weighted by Gasteiger charge is 2.33. The van der Waals surface area contributed by atoms with Gasteiger partial charge in [-0.05, 0) is 61.7 Å². The molecule has 0 spiro atoms. The maximum atomic E-state index is 13.5. The van der Waals surface area contributed by atoms with Crippen molar-refractivity contribution in [3.63, 3.8) is 0 Å². The molecule has 3 aromatic carbocycles. The van der Waals surface area contributed by atoms with Crippen molar-refractivity contribution in [1.29, 1.82) is 0 Å². The smallest absolute Gasteiger partial charge is 0.417 e. The molecule has 1 aromatic heterocycles. The zero-order valence-corrected chi connectivity index (χ0v) is 19.0. The minimum absolute atomic E-state index is 0.113. The largest absolute Gasteiger partial charge is 0.444 e. The zero-order chi connectivity index (χ0) is 24.5. The van der Waals surface area contributed by atoms with Crippen molar-refractivity contribution < 1.29 is 22.7 Å². The van der Waals surface area contributed by atoms with Gasteiger partial charge in [0, 0.05) is 18.1 Å². The average Bonchev–Trinajstić information content (AvgIpc) is 3.20. The van der Waals surface area contributed by atoms with Crippen molar-refractivity contribution in [1.82, 2.24) is 15.1 Å². The lowest BCUT2D eigenvalue weighted by Crippen LogP contribution is -2.32. The third-order valence-electron chi connectivity index (χ3n) is 5.06. The Hall–Kier alpha value is -3.81. The molecule has 0 bridgehead atoms. The van der Waals surface area contributed by atoms with Crippen LogP contribution in [0.15, 0.2) is 72.9 Å². The van der Waals surface area contributed by atoms with Gasteiger partial charge in [-0.3, -0.25) is 0 Å². The standard InChI is InChI=1S/C26H24F3N3O2/c1-25(2,3)34-24(33)30-15-17-7-6-8-20(13-17)32-16-19-12-11-18(14-23(19)31-32)21-9-4-5-10-22(21)26(27,28)29/h4-14,16H,15H2,1-3H3,(H,30,33). The topological polar surface area (TPSA) is 56.1 Å². The van der Waals surface area contributed by atoms with Crippen LogP contribution in [-0.4, -0.2) is 21.5 Å². The van der Waals surface area contributed by atoms with Gasteiger partial charge in [-0.1, -0.05) is 42.5 Å². The molecule has 0 aliphatic heterocycles. The van der Waals surface area contributed by atoms with Crippen LogP contribution in [0.4, 0.5) is 18.0 Å². The molecule has 0 aliphatic carbocycles. The highest BCUT2D eigenvalue weighted by Crippen LogP contribution is 2.37. The fraction of sp³-hybridized carbons (Fsp3) is 0.231. The minimum atomic E-state index is -4.45. The highest BCUT2D eigenvalue weighted by atomic mass is 19.4. The normalized spacial score (nSPS) is 12.1. The Morgan fingerprint density at radius 3 is 2.50 bits per heavy atom. The Bertz CT molecular complexity index is 1340. The van der Waals surface area contributed by atoms with Crippen LogP contribution in [0.5, 0.6) is 0 Å². The summed E-state index contributed by atoms with van der Waals surface area (Å²) in [6, 6.07) is 18.0. The molecular weight excluding hydrogens is 443 g/mol. The number of hydrogen-bond donors (Lipinski definition) is 1. The van der Waals surface area contributed by atoms with Crippen LogP contribution in [0.25, 0.3) is 27.7 Å². The van der Waals surface area contributed by atoms with Crippen LogP contribution in [0.1, 0.15) is 31.9 Å². The lowest BCUT2D eigenvalue weighted by atomic mass is 9.98. The third-order valence-corrected chi connectivity index (χ3v) is 5.06. The third kappa shape index (κ3) is 5.39. The number of alkyl halides is 3. The van der Waals surface area contributed by atoms with E-state index in [0.717, 1.165) is 22.7 Å². The fourth-order valence-electron chi connectivity index (χ4n) is 3.60. The summed E-state index contributed by atoms with van der Waals surface area (Å²) in [5.74, 6) is 0. The van der Waals surface area contributed by atoms with Gasteiger partial charge in [0.25, 0.3) is 0 Å². The first-order chi connectivity index (χ1) is 16.0. The number of hydrogen-bond acceptors (Lipinski definition) is 3. The van der Waals surface area contributed by atoms with Crippen molar-refractivity contribution in [3.05, 3.63) is 84.1 Å². The summed E-state index contributed by atoms with van der Waals surface area (Å²) in [6.45, 7) is 5.66. The molecule has 0 radical (unpaired) electrons. The van der Waals surface area contributed by atoms with E-state index in [9.17, 15) is 18.0 Å². The zero-order valence-electron chi connectivity index (χ0n) is 19.0. The van der Waals surface area contributed by atoms with E-state index in [0.29, 0.717) is 11.1 Å². The summed E-state index contributed by atoms with van der Waals surface area (Å²) in [4.78, 5) is 11.9. The molecule has 0 atom stereocenters. The number of rotatable bonds is 4. The summed E-state index contributed by atoms with van der Waals surface area (Å²) in [5.41, 5.74) is 1.48. The van der Waals surface area contributed by atoms with E-state index in [1.807, 2.05) is 30.5 Å². The maximum Gasteiger partial charge on any atom is 0.417 e. The van der Waals surface area contributed by atoms with Gasteiger partial charge in [-0.15, -0.1) is 0 Å². The van der Waals surface area contributed by atoms with Crippen LogP contribution in [0.3, 0.4) is 0 Å². The summed E-state index contributed by atoms with van der Waals surface area (Å²) in [6.07, 6.45) is -3.14. The molecule has 1 heterocycles. The van der Waals surface area contributed by atoms with E-state index < -0.39 is 23.4 Å².